The molecule has 0 radical (unpaired) electrons. The van der Waals surface area contributed by atoms with Crippen molar-refractivity contribution in [3.05, 3.63) is 52.1 Å². The van der Waals surface area contributed by atoms with Gasteiger partial charge in [0.2, 0.25) is 11.8 Å². The number of benzene rings is 1. The van der Waals surface area contributed by atoms with Crippen LogP contribution in [0.1, 0.15) is 32.6 Å². The second kappa shape index (κ2) is 15.1. The minimum Gasteiger partial charge on any atom is -0.482 e. The van der Waals surface area contributed by atoms with E-state index in [0.29, 0.717) is 43.9 Å². The van der Waals surface area contributed by atoms with Gasteiger partial charge in [-0.15, -0.1) is 6.58 Å². The van der Waals surface area contributed by atoms with E-state index in [0.717, 1.165) is 3.57 Å². The van der Waals surface area contributed by atoms with Gasteiger partial charge in [-0.3, -0.25) is 9.59 Å². The molecule has 0 saturated carbocycles. The molecule has 188 valence electrons. The van der Waals surface area contributed by atoms with Crippen molar-refractivity contribution in [2.24, 2.45) is 0 Å². The molecular weight excluding hydrogens is 551 g/mol. The molecule has 1 aromatic rings. The second-order valence-electron chi connectivity index (χ2n) is 7.91. The van der Waals surface area contributed by atoms with Crippen LogP contribution in [-0.4, -0.2) is 78.1 Å². The lowest BCUT2D eigenvalue weighted by Gasteiger charge is -2.40. The van der Waals surface area contributed by atoms with Crippen LogP contribution < -0.4 is 10.1 Å². The molecule has 3 unspecified atom stereocenters. The van der Waals surface area contributed by atoms with Gasteiger partial charge in [-0.25, -0.2) is 0 Å². The summed E-state index contributed by atoms with van der Waals surface area (Å²) in [5.41, 5.74) is 0.408. The number of aliphatic hydroxyl groups is 2. The minimum absolute atomic E-state index is 0.113. The van der Waals surface area contributed by atoms with Crippen molar-refractivity contribution in [3.63, 3.8) is 0 Å². The van der Waals surface area contributed by atoms with Crippen molar-refractivity contribution >= 4 is 34.4 Å². The Morgan fingerprint density at radius 3 is 2.79 bits per heavy atom. The van der Waals surface area contributed by atoms with E-state index in [9.17, 15) is 14.7 Å². The zero-order valence-corrected chi connectivity index (χ0v) is 21.8. The molecule has 0 saturated heterocycles. The van der Waals surface area contributed by atoms with Gasteiger partial charge in [-0.2, -0.15) is 0 Å². The lowest BCUT2D eigenvalue weighted by atomic mass is 9.87. The summed E-state index contributed by atoms with van der Waals surface area (Å²) >= 11 is 2.15. The summed E-state index contributed by atoms with van der Waals surface area (Å²) in [5.74, 6) is 0.112. The zero-order valence-electron chi connectivity index (χ0n) is 19.6. The first-order chi connectivity index (χ1) is 16.4. The van der Waals surface area contributed by atoms with Gasteiger partial charge >= 0.3 is 0 Å². The Hall–Kier alpha value is -1.95. The molecule has 0 spiro atoms. The van der Waals surface area contributed by atoms with Gasteiger partial charge in [0.05, 0.1) is 16.2 Å². The molecule has 0 bridgehead atoms. The van der Waals surface area contributed by atoms with E-state index in [-0.39, 0.29) is 37.8 Å². The van der Waals surface area contributed by atoms with Crippen LogP contribution in [0.25, 0.3) is 0 Å². The number of allylic oxidation sites excluding steroid dienone is 1. The van der Waals surface area contributed by atoms with E-state index in [1.54, 1.807) is 23.1 Å². The molecule has 8 nitrogen and oxygen atoms in total. The van der Waals surface area contributed by atoms with Crippen molar-refractivity contribution in [1.29, 1.82) is 0 Å². The molecule has 3 N–H and O–H groups in total. The Bertz CT molecular complexity index is 846. The van der Waals surface area contributed by atoms with Crippen molar-refractivity contribution in [2.75, 3.05) is 32.9 Å². The molecule has 2 rings (SSSR count). The molecular formula is C25H35IN2O6. The van der Waals surface area contributed by atoms with Gasteiger partial charge in [0.1, 0.15) is 18.0 Å². The third-order valence-electron chi connectivity index (χ3n) is 5.49. The predicted octanol–water partition coefficient (Wildman–Crippen LogP) is 2.43. The molecule has 0 aromatic heterocycles. The molecule has 1 aliphatic carbocycles. The van der Waals surface area contributed by atoms with Gasteiger partial charge < -0.3 is 29.9 Å². The fourth-order valence-corrected chi connectivity index (χ4v) is 4.31. The molecule has 2 amide bonds. The molecule has 34 heavy (non-hydrogen) atoms. The Morgan fingerprint density at radius 1 is 1.35 bits per heavy atom. The maximum absolute atomic E-state index is 13.1. The largest absolute Gasteiger partial charge is 0.482 e. The summed E-state index contributed by atoms with van der Waals surface area (Å²) < 4.78 is 12.4. The Morgan fingerprint density at radius 2 is 2.12 bits per heavy atom. The van der Waals surface area contributed by atoms with E-state index in [1.165, 1.54) is 0 Å². The number of rotatable bonds is 14. The van der Waals surface area contributed by atoms with Crippen LogP contribution in [0.3, 0.4) is 0 Å². The number of nitrogens with one attached hydrogen (secondary N) is 1. The highest BCUT2D eigenvalue weighted by Crippen LogP contribution is 2.30. The summed E-state index contributed by atoms with van der Waals surface area (Å²) in [6.07, 6.45) is 3.00. The maximum atomic E-state index is 13.1. The van der Waals surface area contributed by atoms with Crippen LogP contribution >= 0.6 is 22.6 Å². The van der Waals surface area contributed by atoms with E-state index in [1.807, 2.05) is 25.1 Å². The van der Waals surface area contributed by atoms with Crippen molar-refractivity contribution in [2.45, 2.75) is 50.9 Å². The van der Waals surface area contributed by atoms with Crippen LogP contribution in [0.5, 0.6) is 5.75 Å². The van der Waals surface area contributed by atoms with E-state index in [2.05, 4.69) is 34.5 Å². The van der Waals surface area contributed by atoms with Crippen molar-refractivity contribution in [3.8, 4) is 5.75 Å². The number of carbonyl (C=O) groups is 2. The van der Waals surface area contributed by atoms with E-state index >= 15 is 0 Å². The standard InChI is InChI=1S/C25H35IN2O6/c1-3-5-11-23(30)28(13-8-15-33-4-2)20-16-18(25(32)27-12-14-29)17-22(24(20)31)34-21-10-7-6-9-19(21)26/h3,6-7,9-10,17,20,22,24,29,31H,1,4-5,8,11-16H2,2H3,(H,27,32). The lowest BCUT2D eigenvalue weighted by Crippen LogP contribution is -2.55. The first-order valence-corrected chi connectivity index (χ1v) is 12.7. The molecule has 1 aromatic carbocycles. The van der Waals surface area contributed by atoms with Gasteiger partial charge in [-0.05, 0) is 60.6 Å². The Labute approximate surface area is 215 Å². The first-order valence-electron chi connectivity index (χ1n) is 11.6. The molecule has 3 atom stereocenters. The Balaban J connectivity index is 2.34. The number of ether oxygens (including phenoxy) is 2. The van der Waals surface area contributed by atoms with Crippen molar-refractivity contribution < 1.29 is 29.3 Å². The van der Waals surface area contributed by atoms with Crippen LogP contribution in [0.4, 0.5) is 0 Å². The number of hydrogen-bond acceptors (Lipinski definition) is 6. The number of nitrogens with zero attached hydrogens (tertiary/aromatic N) is 1. The number of aliphatic hydroxyl groups excluding tert-OH is 2. The normalized spacial score (nSPS) is 19.8. The number of hydrogen-bond donors (Lipinski definition) is 3. The summed E-state index contributed by atoms with van der Waals surface area (Å²) in [6, 6.07) is 6.76. The summed E-state index contributed by atoms with van der Waals surface area (Å²) in [6.45, 7) is 7.00. The van der Waals surface area contributed by atoms with Crippen LogP contribution in [0.15, 0.2) is 48.6 Å². The average molecular weight is 586 g/mol. The third-order valence-corrected chi connectivity index (χ3v) is 6.38. The summed E-state index contributed by atoms with van der Waals surface area (Å²) in [7, 11) is 0. The smallest absolute Gasteiger partial charge is 0.247 e. The Kier molecular flexibility index (Phi) is 12.6. The predicted molar refractivity (Wildman–Crippen MR) is 138 cm³/mol. The van der Waals surface area contributed by atoms with Gasteiger partial charge in [0.15, 0.2) is 0 Å². The maximum Gasteiger partial charge on any atom is 0.247 e. The first kappa shape index (κ1) is 28.3. The van der Waals surface area contributed by atoms with Crippen LogP contribution in [0, 0.1) is 3.57 Å². The van der Waals surface area contributed by atoms with Gasteiger partial charge in [-0.1, -0.05) is 18.2 Å². The fraction of sp³-hybridized carbons (Fsp3) is 0.520. The zero-order chi connectivity index (χ0) is 24.9. The second-order valence-corrected chi connectivity index (χ2v) is 9.07. The van der Waals surface area contributed by atoms with E-state index < -0.39 is 18.2 Å². The van der Waals surface area contributed by atoms with Gasteiger partial charge in [0, 0.05) is 44.7 Å². The molecule has 0 heterocycles. The number of para-hydroxylation sites is 1. The van der Waals surface area contributed by atoms with Crippen LogP contribution in [0.2, 0.25) is 0 Å². The lowest BCUT2D eigenvalue weighted by molar-refractivity contribution is -0.138. The quantitative estimate of drug-likeness (QED) is 0.176. The third kappa shape index (κ3) is 8.37. The number of halogens is 1. The monoisotopic (exact) mass is 586 g/mol. The highest BCUT2D eigenvalue weighted by atomic mass is 127. The highest BCUT2D eigenvalue weighted by molar-refractivity contribution is 14.1. The minimum atomic E-state index is -1.04. The fourth-order valence-electron chi connectivity index (χ4n) is 3.79. The topological polar surface area (TPSA) is 108 Å². The van der Waals surface area contributed by atoms with E-state index in [4.69, 9.17) is 14.6 Å². The number of amides is 2. The van der Waals surface area contributed by atoms with Crippen LogP contribution in [-0.2, 0) is 14.3 Å². The molecule has 1 aliphatic rings. The molecule has 0 aliphatic heterocycles. The van der Waals surface area contributed by atoms with Crippen molar-refractivity contribution in [1.82, 2.24) is 10.2 Å². The summed E-state index contributed by atoms with van der Waals surface area (Å²) in [5, 5.41) is 23.1. The van der Waals surface area contributed by atoms with Gasteiger partial charge in [0.25, 0.3) is 0 Å². The average Bonchev–Trinajstić information content (AvgIpc) is 2.84. The highest BCUT2D eigenvalue weighted by Gasteiger charge is 2.40. The SMILES string of the molecule is C=CCCC(=O)N(CCCOCC)C1CC(C(=O)NCCO)=CC(Oc2ccccc2I)C1O. The molecule has 9 heteroatoms. The molecule has 0 fully saturated rings. The number of carbonyl (C=O) groups excluding carboxylic acids is 2. The summed E-state index contributed by atoms with van der Waals surface area (Å²) in [4.78, 5) is 27.5.